The molecule has 4 saturated carbocycles. The van der Waals surface area contributed by atoms with Crippen LogP contribution in [0.25, 0.3) is 0 Å². The van der Waals surface area contributed by atoms with Crippen LogP contribution in [-0.4, -0.2) is 35.5 Å². The number of pyridine rings is 1. The molecule has 4 fully saturated rings. The van der Waals surface area contributed by atoms with Crippen molar-refractivity contribution in [3.8, 4) is 0 Å². The molecule has 1 aromatic carbocycles. The number of nitrogens with zero attached hydrogens (tertiary/aromatic N) is 2. The van der Waals surface area contributed by atoms with Crippen molar-refractivity contribution >= 4 is 23.4 Å². The molecule has 1 aliphatic heterocycles. The average Bonchev–Trinajstić information content (AvgIpc) is 2.87. The number of ether oxygens (including phenoxy) is 1. The first kappa shape index (κ1) is 24.6. The molecule has 2 aromatic rings. The molecule has 6 nitrogen and oxygen atoms in total. The van der Waals surface area contributed by atoms with Crippen LogP contribution in [0.5, 0.6) is 0 Å². The molecule has 2 N–H and O–H groups in total. The number of aliphatic imine (C=N–C) groups is 1. The highest BCUT2D eigenvalue weighted by atomic mass is 35.5. The van der Waals surface area contributed by atoms with E-state index in [-0.39, 0.29) is 17.2 Å². The monoisotopic (exact) mass is 522 g/mol. The van der Waals surface area contributed by atoms with Crippen LogP contribution in [0.15, 0.2) is 58.9 Å². The molecule has 8 heteroatoms. The first-order valence-corrected chi connectivity index (χ1v) is 13.7. The minimum atomic E-state index is -0.751. The second-order valence-electron chi connectivity index (χ2n) is 11.1. The summed E-state index contributed by atoms with van der Waals surface area (Å²) in [6, 6.07) is 9.05. The van der Waals surface area contributed by atoms with Crippen molar-refractivity contribution < 1.29 is 13.9 Å². The summed E-state index contributed by atoms with van der Waals surface area (Å²) in [5.41, 5.74) is 2.41. The van der Waals surface area contributed by atoms with Gasteiger partial charge in [-0.1, -0.05) is 23.7 Å². The van der Waals surface area contributed by atoms with E-state index in [1.165, 1.54) is 50.7 Å². The van der Waals surface area contributed by atoms with Crippen molar-refractivity contribution in [2.24, 2.45) is 22.7 Å². The van der Waals surface area contributed by atoms with Crippen molar-refractivity contribution in [3.05, 3.63) is 76.0 Å². The number of benzene rings is 1. The molecule has 0 radical (unpaired) electrons. The van der Waals surface area contributed by atoms with E-state index in [1.54, 1.807) is 19.2 Å². The molecule has 0 saturated heterocycles. The first-order valence-electron chi connectivity index (χ1n) is 13.3. The fraction of sp³-hybridized carbons (Fsp3) is 0.483. The number of carbonyl (C=O) groups is 1. The van der Waals surface area contributed by atoms with Gasteiger partial charge in [-0.05, 0) is 87.5 Å². The van der Waals surface area contributed by atoms with Crippen molar-refractivity contribution in [2.45, 2.75) is 57.0 Å². The molecule has 194 valence electrons. The second kappa shape index (κ2) is 9.84. The summed E-state index contributed by atoms with van der Waals surface area (Å²) in [6.07, 6.45) is 9.35. The van der Waals surface area contributed by atoms with Gasteiger partial charge in [0.15, 0.2) is 5.84 Å². The van der Waals surface area contributed by atoms with E-state index in [0.717, 1.165) is 17.8 Å². The van der Waals surface area contributed by atoms with E-state index in [4.69, 9.17) is 21.3 Å². The zero-order valence-corrected chi connectivity index (χ0v) is 21.7. The van der Waals surface area contributed by atoms with Crippen LogP contribution in [0, 0.1) is 23.6 Å². The zero-order valence-electron chi connectivity index (χ0n) is 21.0. The predicted molar refractivity (Wildman–Crippen MR) is 141 cm³/mol. The number of hydrogen-bond donors (Lipinski definition) is 2. The van der Waals surface area contributed by atoms with Gasteiger partial charge in [0.05, 0.1) is 12.2 Å². The Morgan fingerprint density at radius 2 is 1.89 bits per heavy atom. The lowest BCUT2D eigenvalue weighted by Gasteiger charge is -2.57. The highest BCUT2D eigenvalue weighted by Crippen LogP contribution is 2.55. The summed E-state index contributed by atoms with van der Waals surface area (Å²) in [6.45, 7) is 2.49. The van der Waals surface area contributed by atoms with Crippen molar-refractivity contribution in [2.75, 3.05) is 13.2 Å². The first-order chi connectivity index (χ1) is 17.9. The van der Waals surface area contributed by atoms with Crippen LogP contribution in [0.3, 0.4) is 0 Å². The maximum Gasteiger partial charge on any atom is 0.338 e. The Balaban J connectivity index is 1.39. The van der Waals surface area contributed by atoms with E-state index in [2.05, 4.69) is 15.6 Å². The van der Waals surface area contributed by atoms with Crippen LogP contribution in [0.1, 0.15) is 62.7 Å². The largest absolute Gasteiger partial charge is 0.463 e. The maximum atomic E-state index is 13.9. The summed E-state index contributed by atoms with van der Waals surface area (Å²) in [5, 5.41) is 7.52. The zero-order chi connectivity index (χ0) is 25.6. The standard InChI is InChI=1S/C29H32ClFN4O2/c1-2-37-28(36)25-24(16-33-29-13-17-9-18(14-29)11-19(10-17)15-29)34-27(23-5-3-4-8-32-23)35-26(25)21-7-6-20(31)12-22(21)30/h3-8,12,17-19,26,33H,2,9-11,13-16H2,1H3,(H,34,35). The molecule has 4 bridgehead atoms. The highest BCUT2D eigenvalue weighted by molar-refractivity contribution is 6.31. The Labute approximate surface area is 221 Å². The predicted octanol–water partition coefficient (Wildman–Crippen LogP) is 5.34. The Hall–Kier alpha value is -2.77. The molecule has 7 rings (SSSR count). The van der Waals surface area contributed by atoms with E-state index in [9.17, 15) is 9.18 Å². The van der Waals surface area contributed by atoms with E-state index < -0.39 is 17.8 Å². The lowest BCUT2D eigenvalue weighted by molar-refractivity contribution is -0.139. The number of carbonyl (C=O) groups excluding carboxylic acids is 1. The van der Waals surface area contributed by atoms with Gasteiger partial charge in [-0.2, -0.15) is 0 Å². The maximum absolute atomic E-state index is 13.9. The lowest BCUT2D eigenvalue weighted by Crippen LogP contribution is -2.59. The topological polar surface area (TPSA) is 75.6 Å². The normalized spacial score (nSPS) is 30.2. The van der Waals surface area contributed by atoms with Gasteiger partial charge in [0, 0.05) is 34.6 Å². The summed E-state index contributed by atoms with van der Waals surface area (Å²) in [4.78, 5) is 22.7. The van der Waals surface area contributed by atoms with Gasteiger partial charge >= 0.3 is 5.97 Å². The SMILES string of the molecule is CCOC(=O)C1=C(CNC23CC4CC(CC(C4)C2)C3)NC(c2ccccn2)=NC1c1ccc(F)cc1Cl. The van der Waals surface area contributed by atoms with Crippen LogP contribution in [0.2, 0.25) is 5.02 Å². The molecule has 4 aliphatic carbocycles. The Morgan fingerprint density at radius 3 is 2.51 bits per heavy atom. The van der Waals surface area contributed by atoms with Crippen molar-refractivity contribution in [1.82, 2.24) is 15.6 Å². The number of aromatic nitrogens is 1. The fourth-order valence-electron chi connectivity index (χ4n) is 7.37. The van der Waals surface area contributed by atoms with Gasteiger partial charge in [-0.25, -0.2) is 9.18 Å². The number of rotatable bonds is 7. The summed E-state index contributed by atoms with van der Waals surface area (Å²) >= 11 is 6.50. The Bertz CT molecular complexity index is 1230. The fourth-order valence-corrected chi connectivity index (χ4v) is 7.64. The highest BCUT2D eigenvalue weighted by Gasteiger charge is 2.50. The molecule has 1 unspecified atom stereocenters. The number of amidine groups is 1. The van der Waals surface area contributed by atoms with Gasteiger partial charge < -0.3 is 15.4 Å². The van der Waals surface area contributed by atoms with Gasteiger partial charge in [0.1, 0.15) is 17.6 Å². The Kier molecular flexibility index (Phi) is 6.53. The lowest BCUT2D eigenvalue weighted by atomic mass is 9.53. The van der Waals surface area contributed by atoms with E-state index in [0.29, 0.717) is 34.9 Å². The quantitative estimate of drug-likeness (QED) is 0.480. The van der Waals surface area contributed by atoms with Gasteiger partial charge in [-0.3, -0.25) is 9.98 Å². The van der Waals surface area contributed by atoms with Gasteiger partial charge in [0.25, 0.3) is 0 Å². The second-order valence-corrected chi connectivity index (χ2v) is 11.5. The smallest absolute Gasteiger partial charge is 0.338 e. The van der Waals surface area contributed by atoms with Crippen molar-refractivity contribution in [1.29, 1.82) is 0 Å². The van der Waals surface area contributed by atoms with Crippen LogP contribution < -0.4 is 10.6 Å². The molecular formula is C29H32ClFN4O2. The summed E-state index contributed by atoms with van der Waals surface area (Å²) < 4.78 is 19.4. The molecule has 5 aliphatic rings. The molecule has 0 spiro atoms. The molecule has 1 atom stereocenters. The summed E-state index contributed by atoms with van der Waals surface area (Å²) in [5.74, 6) is 2.05. The number of halogens is 2. The molecule has 1 aromatic heterocycles. The van der Waals surface area contributed by atoms with Gasteiger partial charge in [0.2, 0.25) is 0 Å². The van der Waals surface area contributed by atoms with Crippen molar-refractivity contribution in [3.63, 3.8) is 0 Å². The molecule has 2 heterocycles. The number of esters is 1. The van der Waals surface area contributed by atoms with Gasteiger partial charge in [-0.15, -0.1) is 0 Å². The minimum Gasteiger partial charge on any atom is -0.463 e. The van der Waals surface area contributed by atoms with Crippen LogP contribution in [0.4, 0.5) is 4.39 Å². The number of hydrogen-bond acceptors (Lipinski definition) is 6. The third kappa shape index (κ3) is 4.79. The van der Waals surface area contributed by atoms with Crippen LogP contribution in [-0.2, 0) is 9.53 Å². The molecule has 37 heavy (non-hydrogen) atoms. The number of nitrogens with one attached hydrogen (secondary N) is 2. The molecular weight excluding hydrogens is 491 g/mol. The summed E-state index contributed by atoms with van der Waals surface area (Å²) in [7, 11) is 0. The third-order valence-corrected chi connectivity index (χ3v) is 8.79. The minimum absolute atomic E-state index is 0.103. The van der Waals surface area contributed by atoms with E-state index in [1.807, 2.05) is 18.2 Å². The van der Waals surface area contributed by atoms with E-state index >= 15 is 0 Å². The third-order valence-electron chi connectivity index (χ3n) is 8.46. The Morgan fingerprint density at radius 1 is 1.16 bits per heavy atom. The average molecular weight is 523 g/mol. The van der Waals surface area contributed by atoms with Crippen LogP contribution >= 0.6 is 11.6 Å². The molecule has 0 amide bonds.